The average molecular weight is 218 g/mol. The van der Waals surface area contributed by atoms with E-state index in [1.807, 2.05) is 5.32 Å². The van der Waals surface area contributed by atoms with Gasteiger partial charge in [-0.25, -0.2) is 4.79 Å². The predicted molar refractivity (Wildman–Crippen MR) is 54.3 cm³/mol. The molecule has 0 heterocycles. The van der Waals surface area contributed by atoms with E-state index in [1.165, 1.54) is 7.11 Å². The molecule has 0 fully saturated rings. The van der Waals surface area contributed by atoms with Gasteiger partial charge in [-0.1, -0.05) is 0 Å². The number of hydrogen-bond acceptors (Lipinski definition) is 5. The molecule has 0 saturated carbocycles. The number of carbonyl (C=O) groups is 2. The normalized spacial score (nSPS) is 11.3. The zero-order chi connectivity index (χ0) is 12.1. The summed E-state index contributed by atoms with van der Waals surface area (Å²) in [4.78, 5) is 23.4. The fourth-order valence-corrected chi connectivity index (χ4v) is 1.17. The average Bonchev–Trinajstić information content (AvgIpc) is 1.99. The van der Waals surface area contributed by atoms with Gasteiger partial charge in [0, 0.05) is 6.54 Å². The molecule has 0 rings (SSSR count). The summed E-state index contributed by atoms with van der Waals surface area (Å²) in [5.41, 5.74) is -0.875. The lowest BCUT2D eigenvalue weighted by Gasteiger charge is -2.24. The fourth-order valence-electron chi connectivity index (χ4n) is 1.17. The number of amides is 2. The van der Waals surface area contributed by atoms with Crippen LogP contribution in [0.15, 0.2) is 0 Å². The molecular weight excluding hydrogens is 200 g/mol. The monoisotopic (exact) mass is 218 g/mol. The molecular formula is C9H18N2O4. The van der Waals surface area contributed by atoms with E-state index in [1.54, 1.807) is 25.8 Å². The lowest BCUT2D eigenvalue weighted by atomic mass is 10.1. The maximum Gasteiger partial charge on any atom is 0.413 e. The summed E-state index contributed by atoms with van der Waals surface area (Å²) in [6.07, 6.45) is -0.781. The highest BCUT2D eigenvalue weighted by molar-refractivity contribution is 5.92. The van der Waals surface area contributed by atoms with Crippen LogP contribution in [0.25, 0.3) is 0 Å². The van der Waals surface area contributed by atoms with Crippen molar-refractivity contribution in [2.24, 2.45) is 0 Å². The molecule has 0 radical (unpaired) electrons. The van der Waals surface area contributed by atoms with E-state index < -0.39 is 17.6 Å². The Morgan fingerprint density at radius 2 is 2.00 bits per heavy atom. The summed E-state index contributed by atoms with van der Waals surface area (Å²) in [6, 6.07) is 0. The highest BCUT2D eigenvalue weighted by atomic mass is 16.5. The van der Waals surface area contributed by atoms with E-state index in [0.717, 1.165) is 0 Å². The van der Waals surface area contributed by atoms with Crippen LogP contribution < -0.4 is 5.32 Å². The molecule has 6 heteroatoms. The van der Waals surface area contributed by atoms with Crippen LogP contribution in [0.4, 0.5) is 4.79 Å². The third-order valence-electron chi connectivity index (χ3n) is 1.50. The highest BCUT2D eigenvalue weighted by Crippen LogP contribution is 2.02. The van der Waals surface area contributed by atoms with Gasteiger partial charge in [0.15, 0.2) is 0 Å². The lowest BCUT2D eigenvalue weighted by molar-refractivity contribution is -0.121. The van der Waals surface area contributed by atoms with Gasteiger partial charge >= 0.3 is 6.09 Å². The molecule has 6 nitrogen and oxygen atoms in total. The molecule has 88 valence electrons. The first kappa shape index (κ1) is 13.9. The van der Waals surface area contributed by atoms with E-state index in [2.05, 4.69) is 4.74 Å². The van der Waals surface area contributed by atoms with Gasteiger partial charge in [-0.3, -0.25) is 15.0 Å². The minimum Gasteiger partial charge on any atom is -0.453 e. The minimum absolute atomic E-state index is 0.0269. The summed E-state index contributed by atoms with van der Waals surface area (Å²) in [6.45, 7) is 3.64. The number of imide groups is 1. The van der Waals surface area contributed by atoms with Gasteiger partial charge in [-0.15, -0.1) is 0 Å². The Balaban J connectivity index is 3.92. The van der Waals surface area contributed by atoms with Crippen molar-refractivity contribution in [3.8, 4) is 0 Å². The number of nitrogens with zero attached hydrogens (tertiary/aromatic N) is 1. The molecule has 0 aromatic carbocycles. The topological polar surface area (TPSA) is 78.9 Å². The molecule has 2 N–H and O–H groups in total. The number of ether oxygens (including phenoxy) is 1. The third-order valence-corrected chi connectivity index (χ3v) is 1.50. The molecule has 0 aliphatic carbocycles. The largest absolute Gasteiger partial charge is 0.453 e. The number of nitrogens with one attached hydrogen (secondary N) is 1. The summed E-state index contributed by atoms with van der Waals surface area (Å²) in [7, 11) is 2.86. The number of alkyl carbamates (subject to hydrolysis) is 1. The quantitative estimate of drug-likeness (QED) is 0.669. The molecule has 0 spiro atoms. The van der Waals surface area contributed by atoms with Crippen LogP contribution in [0.2, 0.25) is 0 Å². The van der Waals surface area contributed by atoms with Crippen LogP contribution >= 0.6 is 0 Å². The van der Waals surface area contributed by atoms with Crippen LogP contribution in [-0.2, 0) is 9.53 Å². The standard InChI is InChI=1S/C9H18N2O4/c1-9(2,14)6-11(3)5-7(12)10-8(13)15-4/h14H,5-6H2,1-4H3,(H,10,12,13). The molecule has 0 atom stereocenters. The van der Waals surface area contributed by atoms with Gasteiger partial charge < -0.3 is 9.84 Å². The van der Waals surface area contributed by atoms with Crippen LogP contribution in [0.1, 0.15) is 13.8 Å². The number of rotatable bonds is 4. The Morgan fingerprint density at radius 1 is 1.47 bits per heavy atom. The molecule has 0 aromatic heterocycles. The van der Waals surface area contributed by atoms with Gasteiger partial charge in [0.2, 0.25) is 5.91 Å². The van der Waals surface area contributed by atoms with Gasteiger partial charge in [0.1, 0.15) is 0 Å². The SMILES string of the molecule is COC(=O)NC(=O)CN(C)CC(C)(C)O. The van der Waals surface area contributed by atoms with Crippen LogP contribution in [0.3, 0.4) is 0 Å². The number of aliphatic hydroxyl groups is 1. The third kappa shape index (κ3) is 7.90. The second kappa shape index (κ2) is 5.67. The van der Waals surface area contributed by atoms with E-state index in [4.69, 9.17) is 0 Å². The van der Waals surface area contributed by atoms with Crippen molar-refractivity contribution in [3.05, 3.63) is 0 Å². The predicted octanol–water partition coefficient (Wildman–Crippen LogP) is -0.428. The second-order valence-corrected chi connectivity index (χ2v) is 4.02. The Hall–Kier alpha value is -1.14. The number of methoxy groups -OCH3 is 1. The number of likely N-dealkylation sites (N-methyl/N-ethyl adjacent to an activating group) is 1. The van der Waals surface area contributed by atoms with E-state index in [9.17, 15) is 14.7 Å². The molecule has 0 bridgehead atoms. The first-order valence-corrected chi connectivity index (χ1v) is 4.53. The van der Waals surface area contributed by atoms with Gasteiger partial charge in [-0.2, -0.15) is 0 Å². The fraction of sp³-hybridized carbons (Fsp3) is 0.778. The van der Waals surface area contributed by atoms with Crippen molar-refractivity contribution in [2.75, 3.05) is 27.2 Å². The zero-order valence-electron chi connectivity index (χ0n) is 9.53. The lowest BCUT2D eigenvalue weighted by Crippen LogP contribution is -2.43. The summed E-state index contributed by atoms with van der Waals surface area (Å²) in [5.74, 6) is -0.464. The van der Waals surface area contributed by atoms with Crippen molar-refractivity contribution in [1.29, 1.82) is 0 Å². The van der Waals surface area contributed by atoms with E-state index in [0.29, 0.717) is 6.54 Å². The zero-order valence-corrected chi connectivity index (χ0v) is 9.53. The highest BCUT2D eigenvalue weighted by Gasteiger charge is 2.18. The maximum absolute atomic E-state index is 11.2. The molecule has 0 aliphatic rings. The summed E-state index contributed by atoms with van der Waals surface area (Å²) in [5, 5.41) is 11.5. The van der Waals surface area contributed by atoms with Crippen LogP contribution in [0, 0.1) is 0 Å². The van der Waals surface area contributed by atoms with Gasteiger partial charge in [-0.05, 0) is 20.9 Å². The van der Waals surface area contributed by atoms with E-state index >= 15 is 0 Å². The first-order chi connectivity index (χ1) is 6.74. The number of carbonyl (C=O) groups excluding carboxylic acids is 2. The van der Waals surface area contributed by atoms with E-state index in [-0.39, 0.29) is 6.54 Å². The van der Waals surface area contributed by atoms with Crippen molar-refractivity contribution in [1.82, 2.24) is 10.2 Å². The Labute approximate surface area is 89.2 Å². The number of hydrogen-bond donors (Lipinski definition) is 2. The molecule has 0 saturated heterocycles. The molecule has 0 aliphatic heterocycles. The Kier molecular flexibility index (Phi) is 5.24. The van der Waals surface area contributed by atoms with Crippen molar-refractivity contribution < 1.29 is 19.4 Å². The van der Waals surface area contributed by atoms with Gasteiger partial charge in [0.05, 0.1) is 19.3 Å². The molecule has 15 heavy (non-hydrogen) atoms. The molecule has 2 amide bonds. The summed E-state index contributed by atoms with van der Waals surface area (Å²) < 4.78 is 4.26. The van der Waals surface area contributed by atoms with Crippen LogP contribution in [0.5, 0.6) is 0 Å². The summed E-state index contributed by atoms with van der Waals surface area (Å²) >= 11 is 0. The smallest absolute Gasteiger partial charge is 0.413 e. The van der Waals surface area contributed by atoms with Crippen molar-refractivity contribution in [3.63, 3.8) is 0 Å². The van der Waals surface area contributed by atoms with Gasteiger partial charge in [0.25, 0.3) is 0 Å². The minimum atomic E-state index is -0.875. The molecule has 0 aromatic rings. The Bertz CT molecular complexity index is 235. The Morgan fingerprint density at radius 3 is 2.40 bits per heavy atom. The van der Waals surface area contributed by atoms with Crippen LogP contribution in [-0.4, -0.2) is 54.9 Å². The maximum atomic E-state index is 11.2. The van der Waals surface area contributed by atoms with Crippen molar-refractivity contribution >= 4 is 12.0 Å². The van der Waals surface area contributed by atoms with Crippen molar-refractivity contribution in [2.45, 2.75) is 19.4 Å². The second-order valence-electron chi connectivity index (χ2n) is 4.02. The first-order valence-electron chi connectivity index (χ1n) is 4.53. The molecule has 0 unspecified atom stereocenters.